The van der Waals surface area contributed by atoms with Crippen LogP contribution in [0.2, 0.25) is 5.02 Å². The molecule has 0 spiro atoms. The summed E-state index contributed by atoms with van der Waals surface area (Å²) in [7, 11) is 0. The number of fused-ring (bicyclic) bond motifs is 1. The van der Waals surface area contributed by atoms with Crippen molar-refractivity contribution in [3.05, 3.63) is 20.8 Å². The molecule has 0 unspecified atom stereocenters. The standard InChI is InChI=1S/C7H5ClOS/c8-5-3-10-7-4(5)1-2-6(7)9/h3H,1-2H2. The molecular formula is C7H5ClOS. The first-order valence-corrected chi connectivity index (χ1v) is 4.34. The topological polar surface area (TPSA) is 17.1 Å². The number of carbonyl (C=O) groups excluding carboxylic acids is 1. The van der Waals surface area contributed by atoms with Crippen LogP contribution in [0, 0.1) is 0 Å². The van der Waals surface area contributed by atoms with E-state index in [2.05, 4.69) is 0 Å². The maximum absolute atomic E-state index is 11.0. The van der Waals surface area contributed by atoms with E-state index >= 15 is 0 Å². The molecule has 0 atom stereocenters. The Balaban J connectivity index is 2.63. The van der Waals surface area contributed by atoms with Gasteiger partial charge in [0, 0.05) is 11.8 Å². The van der Waals surface area contributed by atoms with Crippen molar-refractivity contribution in [3.8, 4) is 0 Å². The van der Waals surface area contributed by atoms with Crippen molar-refractivity contribution in [3.63, 3.8) is 0 Å². The molecule has 0 aromatic carbocycles. The zero-order valence-corrected chi connectivity index (χ0v) is 6.76. The summed E-state index contributed by atoms with van der Waals surface area (Å²) < 4.78 is 0. The van der Waals surface area contributed by atoms with E-state index in [0.29, 0.717) is 6.42 Å². The van der Waals surface area contributed by atoms with Gasteiger partial charge in [0.05, 0.1) is 9.90 Å². The maximum Gasteiger partial charge on any atom is 0.173 e. The van der Waals surface area contributed by atoms with E-state index in [4.69, 9.17) is 11.6 Å². The highest BCUT2D eigenvalue weighted by molar-refractivity contribution is 7.13. The first kappa shape index (κ1) is 6.38. The second kappa shape index (κ2) is 2.07. The number of rotatable bonds is 0. The summed E-state index contributed by atoms with van der Waals surface area (Å²) >= 11 is 7.27. The lowest BCUT2D eigenvalue weighted by Gasteiger charge is -1.84. The fraction of sp³-hybridized carbons (Fsp3) is 0.286. The van der Waals surface area contributed by atoms with Crippen LogP contribution >= 0.6 is 22.9 Å². The van der Waals surface area contributed by atoms with Crippen molar-refractivity contribution in [2.75, 3.05) is 0 Å². The van der Waals surface area contributed by atoms with Crippen LogP contribution in [0.4, 0.5) is 0 Å². The summed E-state index contributed by atoms with van der Waals surface area (Å²) in [6.07, 6.45) is 1.50. The maximum atomic E-state index is 11.0. The molecule has 1 aliphatic carbocycles. The molecule has 0 saturated heterocycles. The molecular weight excluding hydrogens is 168 g/mol. The van der Waals surface area contributed by atoms with E-state index < -0.39 is 0 Å². The fourth-order valence-electron chi connectivity index (χ4n) is 1.18. The smallest absolute Gasteiger partial charge is 0.173 e. The Morgan fingerprint density at radius 1 is 1.50 bits per heavy atom. The number of halogens is 1. The minimum Gasteiger partial charge on any atom is -0.293 e. The molecule has 52 valence electrons. The molecule has 2 rings (SSSR count). The van der Waals surface area contributed by atoms with Gasteiger partial charge in [-0.2, -0.15) is 0 Å². The Morgan fingerprint density at radius 2 is 2.30 bits per heavy atom. The van der Waals surface area contributed by atoms with Gasteiger partial charge in [0.2, 0.25) is 0 Å². The molecule has 0 fully saturated rings. The molecule has 0 amide bonds. The Kier molecular flexibility index (Phi) is 1.32. The van der Waals surface area contributed by atoms with Crippen LogP contribution < -0.4 is 0 Å². The van der Waals surface area contributed by atoms with Crippen molar-refractivity contribution in [2.45, 2.75) is 12.8 Å². The number of thiophene rings is 1. The van der Waals surface area contributed by atoms with E-state index in [1.54, 1.807) is 0 Å². The van der Waals surface area contributed by atoms with E-state index in [1.807, 2.05) is 5.38 Å². The van der Waals surface area contributed by atoms with Gasteiger partial charge in [-0.05, 0) is 12.0 Å². The van der Waals surface area contributed by atoms with Gasteiger partial charge in [0.25, 0.3) is 0 Å². The Bertz CT molecular complexity index is 290. The molecule has 1 nitrogen and oxygen atoms in total. The lowest BCUT2D eigenvalue weighted by molar-refractivity contribution is 0.0998. The van der Waals surface area contributed by atoms with Crippen LogP contribution in [0.5, 0.6) is 0 Å². The van der Waals surface area contributed by atoms with Crippen LogP contribution in [0.15, 0.2) is 5.38 Å². The lowest BCUT2D eigenvalue weighted by atomic mass is 10.3. The molecule has 1 aromatic heterocycles. The summed E-state index contributed by atoms with van der Waals surface area (Å²) in [6.45, 7) is 0. The van der Waals surface area contributed by atoms with Gasteiger partial charge in [-0.3, -0.25) is 4.79 Å². The van der Waals surface area contributed by atoms with E-state index in [1.165, 1.54) is 11.3 Å². The summed E-state index contributed by atoms with van der Waals surface area (Å²) in [5, 5.41) is 2.61. The number of ketones is 1. The molecule has 1 heterocycles. The highest BCUT2D eigenvalue weighted by Crippen LogP contribution is 2.33. The van der Waals surface area contributed by atoms with Crippen LogP contribution in [0.1, 0.15) is 21.7 Å². The largest absolute Gasteiger partial charge is 0.293 e. The molecule has 0 saturated carbocycles. The van der Waals surface area contributed by atoms with Crippen molar-refractivity contribution >= 4 is 28.7 Å². The Labute approximate surface area is 67.6 Å². The molecule has 1 aromatic rings. The summed E-state index contributed by atoms with van der Waals surface area (Å²) in [5.74, 6) is 0.256. The second-order valence-corrected chi connectivity index (χ2v) is 3.60. The summed E-state index contributed by atoms with van der Waals surface area (Å²) in [5.41, 5.74) is 1.07. The SMILES string of the molecule is O=C1CCc2c(Cl)csc21. The van der Waals surface area contributed by atoms with Crippen molar-refractivity contribution in [1.29, 1.82) is 0 Å². The van der Waals surface area contributed by atoms with Gasteiger partial charge >= 0.3 is 0 Å². The van der Waals surface area contributed by atoms with Crippen LogP contribution in [-0.4, -0.2) is 5.78 Å². The second-order valence-electron chi connectivity index (χ2n) is 2.31. The van der Waals surface area contributed by atoms with Crippen molar-refractivity contribution in [1.82, 2.24) is 0 Å². The third-order valence-corrected chi connectivity index (χ3v) is 3.23. The monoisotopic (exact) mass is 172 g/mol. The predicted octanol–water partition coefficient (Wildman–Crippen LogP) is 2.53. The lowest BCUT2D eigenvalue weighted by Crippen LogP contribution is -1.84. The van der Waals surface area contributed by atoms with Crippen LogP contribution in [0.3, 0.4) is 0 Å². The van der Waals surface area contributed by atoms with Crippen molar-refractivity contribution < 1.29 is 4.79 Å². The van der Waals surface area contributed by atoms with Crippen LogP contribution in [-0.2, 0) is 6.42 Å². The fourth-order valence-corrected chi connectivity index (χ4v) is 2.51. The van der Waals surface area contributed by atoms with Gasteiger partial charge in [0.15, 0.2) is 5.78 Å². The van der Waals surface area contributed by atoms with E-state index in [0.717, 1.165) is 21.9 Å². The first-order valence-electron chi connectivity index (χ1n) is 3.08. The summed E-state index contributed by atoms with van der Waals surface area (Å²) in [6, 6.07) is 0. The molecule has 0 radical (unpaired) electrons. The Morgan fingerprint density at radius 3 is 3.00 bits per heavy atom. The Hall–Kier alpha value is -0.340. The molecule has 0 aliphatic heterocycles. The average molecular weight is 173 g/mol. The normalized spacial score (nSPS) is 15.9. The molecule has 0 bridgehead atoms. The highest BCUT2D eigenvalue weighted by atomic mass is 35.5. The van der Waals surface area contributed by atoms with Gasteiger partial charge < -0.3 is 0 Å². The van der Waals surface area contributed by atoms with E-state index in [-0.39, 0.29) is 5.78 Å². The zero-order chi connectivity index (χ0) is 7.14. The number of carbonyl (C=O) groups is 1. The highest BCUT2D eigenvalue weighted by Gasteiger charge is 2.23. The molecule has 10 heavy (non-hydrogen) atoms. The molecule has 3 heteroatoms. The summed E-state index contributed by atoms with van der Waals surface area (Å²) in [4.78, 5) is 11.9. The third-order valence-electron chi connectivity index (χ3n) is 1.70. The molecule has 1 aliphatic rings. The number of Topliss-reactive ketones (excluding diaryl/α,β-unsaturated/α-hetero) is 1. The predicted molar refractivity (Wildman–Crippen MR) is 42.0 cm³/mol. The average Bonchev–Trinajstić information content (AvgIpc) is 2.41. The van der Waals surface area contributed by atoms with E-state index in [9.17, 15) is 4.79 Å². The molecule has 0 N–H and O–H groups in total. The number of hydrogen-bond acceptors (Lipinski definition) is 2. The van der Waals surface area contributed by atoms with Gasteiger partial charge in [-0.1, -0.05) is 11.6 Å². The van der Waals surface area contributed by atoms with Crippen LogP contribution in [0.25, 0.3) is 0 Å². The minimum absolute atomic E-state index is 0.256. The van der Waals surface area contributed by atoms with Gasteiger partial charge in [0.1, 0.15) is 0 Å². The van der Waals surface area contributed by atoms with Crippen molar-refractivity contribution in [2.24, 2.45) is 0 Å². The number of hydrogen-bond donors (Lipinski definition) is 0. The third kappa shape index (κ3) is 0.724. The minimum atomic E-state index is 0.256. The first-order chi connectivity index (χ1) is 4.79. The van der Waals surface area contributed by atoms with Gasteiger partial charge in [-0.25, -0.2) is 0 Å². The quantitative estimate of drug-likeness (QED) is 0.588. The van der Waals surface area contributed by atoms with Gasteiger partial charge in [-0.15, -0.1) is 11.3 Å². The zero-order valence-electron chi connectivity index (χ0n) is 5.19.